The molecule has 0 aliphatic heterocycles. The van der Waals surface area contributed by atoms with Crippen LogP contribution in [0.15, 0.2) is 48.5 Å². The summed E-state index contributed by atoms with van der Waals surface area (Å²) in [7, 11) is 1.61. The second-order valence-corrected chi connectivity index (χ2v) is 6.40. The molecule has 0 spiro atoms. The van der Waals surface area contributed by atoms with Gasteiger partial charge in [-0.3, -0.25) is 4.79 Å². The molecule has 1 saturated carbocycles. The molecule has 2 aromatic rings. The van der Waals surface area contributed by atoms with E-state index >= 15 is 0 Å². The minimum absolute atomic E-state index is 0.0521. The van der Waals surface area contributed by atoms with E-state index in [-0.39, 0.29) is 11.3 Å². The van der Waals surface area contributed by atoms with Crippen LogP contribution in [-0.4, -0.2) is 24.1 Å². The maximum Gasteiger partial charge on any atom is 0.337 e. The van der Waals surface area contributed by atoms with Crippen LogP contribution in [0.5, 0.6) is 5.75 Å². The summed E-state index contributed by atoms with van der Waals surface area (Å²) in [4.78, 5) is 23.3. The Kier molecular flexibility index (Phi) is 5.37. The topological polar surface area (TPSA) is 75.6 Å². The van der Waals surface area contributed by atoms with E-state index in [1.165, 1.54) is 30.5 Å². The zero-order chi connectivity index (χ0) is 18.5. The molecular weight excluding hydrogens is 330 g/mol. The van der Waals surface area contributed by atoms with Crippen LogP contribution in [0.3, 0.4) is 0 Å². The average Bonchev–Trinajstić information content (AvgIpc) is 3.44. The molecule has 0 heterocycles. The van der Waals surface area contributed by atoms with Gasteiger partial charge in [-0.15, -0.1) is 0 Å². The number of para-hydroxylation sites is 1. The molecule has 5 heteroatoms. The van der Waals surface area contributed by atoms with Crippen LogP contribution in [0.25, 0.3) is 6.08 Å². The van der Waals surface area contributed by atoms with Crippen molar-refractivity contribution >= 4 is 23.6 Å². The second kappa shape index (κ2) is 7.87. The van der Waals surface area contributed by atoms with E-state index in [9.17, 15) is 9.59 Å². The first-order valence-corrected chi connectivity index (χ1v) is 8.55. The summed E-state index contributed by atoms with van der Waals surface area (Å²) >= 11 is 0. The van der Waals surface area contributed by atoms with Gasteiger partial charge in [0.2, 0.25) is 5.91 Å². The fourth-order valence-electron chi connectivity index (χ4n) is 2.79. The number of hydrogen-bond acceptors (Lipinski definition) is 3. The first kappa shape index (κ1) is 17.7. The molecule has 0 bridgehead atoms. The number of carboxylic acid groups (broad SMARTS) is 1. The summed E-state index contributed by atoms with van der Waals surface area (Å²) in [6.45, 7) is 0. The number of ether oxygens (including phenoxy) is 1. The first-order chi connectivity index (χ1) is 12.6. The van der Waals surface area contributed by atoms with Gasteiger partial charge >= 0.3 is 5.97 Å². The highest BCUT2D eigenvalue weighted by atomic mass is 16.5. The van der Waals surface area contributed by atoms with Gasteiger partial charge in [0.15, 0.2) is 0 Å². The predicted molar refractivity (Wildman–Crippen MR) is 100 cm³/mol. The molecular formula is C21H21NO4. The number of aromatic carboxylic acids is 1. The number of carbonyl (C=O) groups excluding carboxylic acids is 1. The molecule has 1 aliphatic carbocycles. The van der Waals surface area contributed by atoms with Crippen LogP contribution in [0.4, 0.5) is 5.69 Å². The van der Waals surface area contributed by atoms with E-state index in [2.05, 4.69) is 11.4 Å². The number of amides is 1. The molecule has 0 saturated heterocycles. The van der Waals surface area contributed by atoms with E-state index < -0.39 is 11.9 Å². The van der Waals surface area contributed by atoms with E-state index in [4.69, 9.17) is 9.84 Å². The Morgan fingerprint density at radius 3 is 2.69 bits per heavy atom. The Morgan fingerprint density at radius 1 is 1.23 bits per heavy atom. The summed E-state index contributed by atoms with van der Waals surface area (Å²) in [5, 5.41) is 11.8. The maximum absolute atomic E-state index is 12.1. The number of rotatable bonds is 7. The molecule has 134 valence electrons. The van der Waals surface area contributed by atoms with Crippen LogP contribution in [0.2, 0.25) is 0 Å². The van der Waals surface area contributed by atoms with Crippen LogP contribution < -0.4 is 10.1 Å². The number of nitrogens with one attached hydrogen (secondary N) is 1. The van der Waals surface area contributed by atoms with E-state index in [1.807, 2.05) is 12.1 Å². The van der Waals surface area contributed by atoms with Gasteiger partial charge < -0.3 is 15.2 Å². The van der Waals surface area contributed by atoms with Crippen molar-refractivity contribution in [3.63, 3.8) is 0 Å². The minimum Gasteiger partial charge on any atom is -0.496 e. The zero-order valence-corrected chi connectivity index (χ0v) is 14.6. The SMILES string of the molecule is COc1cc(CC2CC2)ccc1/C=C/C(=O)Nc1ccccc1C(=O)O. The molecule has 1 fully saturated rings. The molecule has 2 aromatic carbocycles. The number of benzene rings is 2. The van der Waals surface area contributed by atoms with Crippen LogP contribution in [-0.2, 0) is 11.2 Å². The van der Waals surface area contributed by atoms with Gasteiger partial charge in [-0.1, -0.05) is 24.3 Å². The summed E-state index contributed by atoms with van der Waals surface area (Å²) in [5.41, 5.74) is 2.35. The molecule has 3 rings (SSSR count). The highest BCUT2D eigenvalue weighted by Crippen LogP contribution is 2.34. The Morgan fingerprint density at radius 2 is 2.00 bits per heavy atom. The summed E-state index contributed by atoms with van der Waals surface area (Å²) in [6, 6.07) is 12.3. The molecule has 26 heavy (non-hydrogen) atoms. The van der Waals surface area contributed by atoms with Crippen molar-refractivity contribution in [2.45, 2.75) is 19.3 Å². The van der Waals surface area contributed by atoms with Crippen molar-refractivity contribution in [3.8, 4) is 5.75 Å². The molecule has 2 N–H and O–H groups in total. The van der Waals surface area contributed by atoms with Crippen molar-refractivity contribution in [2.75, 3.05) is 12.4 Å². The third-order valence-electron chi connectivity index (χ3n) is 4.35. The number of carboxylic acids is 1. The third kappa shape index (κ3) is 4.51. The van der Waals surface area contributed by atoms with Crippen molar-refractivity contribution in [1.82, 2.24) is 0 Å². The smallest absolute Gasteiger partial charge is 0.337 e. The van der Waals surface area contributed by atoms with Gasteiger partial charge in [0.25, 0.3) is 0 Å². The minimum atomic E-state index is -1.09. The van der Waals surface area contributed by atoms with Crippen molar-refractivity contribution in [1.29, 1.82) is 0 Å². The highest BCUT2D eigenvalue weighted by molar-refractivity contribution is 6.06. The monoisotopic (exact) mass is 351 g/mol. The number of methoxy groups -OCH3 is 1. The van der Waals surface area contributed by atoms with Gasteiger partial charge in [-0.25, -0.2) is 4.79 Å². The fraction of sp³-hybridized carbons (Fsp3) is 0.238. The summed E-state index contributed by atoms with van der Waals surface area (Å²) < 4.78 is 5.43. The zero-order valence-electron chi connectivity index (χ0n) is 14.6. The lowest BCUT2D eigenvalue weighted by Gasteiger charge is -2.08. The summed E-state index contributed by atoms with van der Waals surface area (Å²) in [6.07, 6.45) is 6.69. The van der Waals surface area contributed by atoms with Crippen LogP contribution >= 0.6 is 0 Å². The van der Waals surface area contributed by atoms with Gasteiger partial charge in [-0.05, 0) is 55.0 Å². The largest absolute Gasteiger partial charge is 0.496 e. The Labute approximate surface area is 152 Å². The predicted octanol–water partition coefficient (Wildman–Crippen LogP) is 4.00. The average molecular weight is 351 g/mol. The molecule has 0 radical (unpaired) electrons. The lowest BCUT2D eigenvalue weighted by atomic mass is 10.0. The lowest BCUT2D eigenvalue weighted by molar-refractivity contribution is -0.111. The van der Waals surface area contributed by atoms with Crippen molar-refractivity contribution in [2.24, 2.45) is 5.92 Å². The molecule has 0 unspecified atom stereocenters. The van der Waals surface area contributed by atoms with Crippen LogP contribution in [0.1, 0.15) is 34.3 Å². The van der Waals surface area contributed by atoms with Crippen molar-refractivity contribution < 1.29 is 19.4 Å². The number of hydrogen-bond donors (Lipinski definition) is 2. The quantitative estimate of drug-likeness (QED) is 0.740. The molecule has 1 amide bonds. The third-order valence-corrected chi connectivity index (χ3v) is 4.35. The molecule has 0 aromatic heterocycles. The fourth-order valence-corrected chi connectivity index (χ4v) is 2.79. The number of carbonyl (C=O) groups is 2. The van der Waals surface area contributed by atoms with Crippen molar-refractivity contribution in [3.05, 3.63) is 65.2 Å². The molecule has 0 atom stereocenters. The Balaban J connectivity index is 1.71. The van der Waals surface area contributed by atoms with Gasteiger partial charge in [-0.2, -0.15) is 0 Å². The lowest BCUT2D eigenvalue weighted by Crippen LogP contribution is -2.11. The second-order valence-electron chi connectivity index (χ2n) is 6.40. The molecule has 1 aliphatic rings. The van der Waals surface area contributed by atoms with Crippen LogP contribution in [0, 0.1) is 5.92 Å². The van der Waals surface area contributed by atoms with E-state index in [0.717, 1.165) is 23.7 Å². The standard InChI is InChI=1S/C21H21NO4/c1-26-19-13-15(12-14-6-7-14)8-9-16(19)10-11-20(23)22-18-5-3-2-4-17(18)21(24)25/h2-5,8-11,13-14H,6-7,12H2,1H3,(H,22,23)(H,24,25)/b11-10+. The van der Waals surface area contributed by atoms with Gasteiger partial charge in [0.1, 0.15) is 5.75 Å². The number of anilines is 1. The highest BCUT2D eigenvalue weighted by Gasteiger charge is 2.21. The maximum atomic E-state index is 12.1. The van der Waals surface area contributed by atoms with E-state index in [0.29, 0.717) is 0 Å². The van der Waals surface area contributed by atoms with Gasteiger partial charge in [0, 0.05) is 11.6 Å². The summed E-state index contributed by atoms with van der Waals surface area (Å²) in [5.74, 6) is 0.0277. The normalized spacial score (nSPS) is 13.6. The van der Waals surface area contributed by atoms with E-state index in [1.54, 1.807) is 31.4 Å². The molecule has 5 nitrogen and oxygen atoms in total. The van der Waals surface area contributed by atoms with Gasteiger partial charge in [0.05, 0.1) is 18.4 Å². The Hall–Kier alpha value is -3.08. The first-order valence-electron chi connectivity index (χ1n) is 8.55. The Bertz CT molecular complexity index is 853.